The van der Waals surface area contributed by atoms with Crippen LogP contribution in [0.25, 0.3) is 10.8 Å². The maximum absolute atomic E-state index is 6.25. The van der Waals surface area contributed by atoms with Crippen LogP contribution < -0.4 is 5.73 Å². The summed E-state index contributed by atoms with van der Waals surface area (Å²) in [6, 6.07) is 12.2. The topological polar surface area (TPSA) is 51.8 Å². The van der Waals surface area contributed by atoms with Gasteiger partial charge in [0.05, 0.1) is 6.04 Å². The lowest BCUT2D eigenvalue weighted by atomic mass is 9.99. The van der Waals surface area contributed by atoms with E-state index in [2.05, 4.69) is 50.2 Å². The number of fused-ring (bicyclic) bond motifs is 1. The molecule has 1 heterocycles. The first-order chi connectivity index (χ1) is 9.24. The summed E-state index contributed by atoms with van der Waals surface area (Å²) >= 11 is 3.48. The standard InChI is InChI=1S/C15H12BrN3/c16-14-4-3-10-5-12(2-1-11(10)6-14)15(17)13-7-18-9-19-8-13/h1-9,15H,17H2. The Morgan fingerprint density at radius 1 is 0.895 bits per heavy atom. The molecule has 94 valence electrons. The number of hydrogen-bond donors (Lipinski definition) is 1. The second kappa shape index (κ2) is 5.07. The van der Waals surface area contributed by atoms with Crippen LogP contribution in [0.4, 0.5) is 0 Å². The minimum Gasteiger partial charge on any atom is -0.320 e. The van der Waals surface area contributed by atoms with Crippen molar-refractivity contribution < 1.29 is 0 Å². The van der Waals surface area contributed by atoms with Crippen LogP contribution in [0.1, 0.15) is 17.2 Å². The first-order valence-electron chi connectivity index (χ1n) is 5.94. The highest BCUT2D eigenvalue weighted by Crippen LogP contribution is 2.25. The van der Waals surface area contributed by atoms with Crippen molar-refractivity contribution in [3.8, 4) is 0 Å². The lowest BCUT2D eigenvalue weighted by molar-refractivity contribution is 0.852. The van der Waals surface area contributed by atoms with Crippen LogP contribution in [-0.4, -0.2) is 9.97 Å². The van der Waals surface area contributed by atoms with Gasteiger partial charge >= 0.3 is 0 Å². The molecule has 0 aliphatic carbocycles. The van der Waals surface area contributed by atoms with E-state index in [9.17, 15) is 0 Å². The summed E-state index contributed by atoms with van der Waals surface area (Å²) in [5.41, 5.74) is 8.22. The van der Waals surface area contributed by atoms with E-state index >= 15 is 0 Å². The molecule has 0 radical (unpaired) electrons. The van der Waals surface area contributed by atoms with Crippen LogP contribution in [0.2, 0.25) is 0 Å². The minimum absolute atomic E-state index is 0.200. The van der Waals surface area contributed by atoms with Gasteiger partial charge in [-0.3, -0.25) is 0 Å². The van der Waals surface area contributed by atoms with Crippen molar-refractivity contribution in [3.63, 3.8) is 0 Å². The lowest BCUT2D eigenvalue weighted by Crippen LogP contribution is -2.12. The number of rotatable bonds is 2. The highest BCUT2D eigenvalue weighted by Gasteiger charge is 2.09. The summed E-state index contributed by atoms with van der Waals surface area (Å²) in [7, 11) is 0. The number of halogens is 1. The van der Waals surface area contributed by atoms with E-state index in [0.717, 1.165) is 15.6 Å². The zero-order valence-electron chi connectivity index (χ0n) is 10.1. The fourth-order valence-electron chi connectivity index (χ4n) is 2.09. The van der Waals surface area contributed by atoms with Gasteiger partial charge in [-0.2, -0.15) is 0 Å². The van der Waals surface area contributed by atoms with E-state index in [4.69, 9.17) is 5.73 Å². The van der Waals surface area contributed by atoms with E-state index in [0.29, 0.717) is 0 Å². The van der Waals surface area contributed by atoms with Crippen molar-refractivity contribution in [2.75, 3.05) is 0 Å². The Bertz CT molecular complexity index is 713. The fraction of sp³-hybridized carbons (Fsp3) is 0.0667. The minimum atomic E-state index is -0.200. The van der Waals surface area contributed by atoms with Gasteiger partial charge < -0.3 is 5.73 Å². The number of aromatic nitrogens is 2. The second-order valence-electron chi connectivity index (χ2n) is 4.40. The Kier molecular flexibility index (Phi) is 3.27. The third kappa shape index (κ3) is 2.50. The summed E-state index contributed by atoms with van der Waals surface area (Å²) in [6.07, 6.45) is 5.01. The average Bonchev–Trinajstić information content (AvgIpc) is 2.47. The Hall–Kier alpha value is -1.78. The number of benzene rings is 2. The zero-order chi connectivity index (χ0) is 13.2. The Labute approximate surface area is 119 Å². The monoisotopic (exact) mass is 313 g/mol. The third-order valence-electron chi connectivity index (χ3n) is 3.13. The third-order valence-corrected chi connectivity index (χ3v) is 3.62. The van der Waals surface area contributed by atoms with Gasteiger partial charge in [-0.05, 0) is 34.5 Å². The van der Waals surface area contributed by atoms with Crippen LogP contribution in [-0.2, 0) is 0 Å². The van der Waals surface area contributed by atoms with Crippen LogP contribution >= 0.6 is 15.9 Å². The number of hydrogen-bond acceptors (Lipinski definition) is 3. The maximum atomic E-state index is 6.25. The molecule has 0 spiro atoms. The molecule has 1 aromatic heterocycles. The molecule has 0 bridgehead atoms. The molecular formula is C15H12BrN3. The number of nitrogens with two attached hydrogens (primary N) is 1. The van der Waals surface area contributed by atoms with Crippen molar-refractivity contribution in [2.24, 2.45) is 5.73 Å². The van der Waals surface area contributed by atoms with Gasteiger partial charge in [0.1, 0.15) is 6.33 Å². The normalized spacial score (nSPS) is 12.5. The van der Waals surface area contributed by atoms with E-state index in [1.165, 1.54) is 17.1 Å². The molecule has 2 N–H and O–H groups in total. The van der Waals surface area contributed by atoms with Gasteiger partial charge in [0, 0.05) is 22.4 Å². The second-order valence-corrected chi connectivity index (χ2v) is 5.32. The van der Waals surface area contributed by atoms with Gasteiger partial charge in [0.2, 0.25) is 0 Å². The molecule has 19 heavy (non-hydrogen) atoms. The van der Waals surface area contributed by atoms with E-state index in [-0.39, 0.29) is 6.04 Å². The molecule has 0 amide bonds. The average molecular weight is 314 g/mol. The predicted molar refractivity (Wildman–Crippen MR) is 79.7 cm³/mol. The highest BCUT2D eigenvalue weighted by atomic mass is 79.9. The largest absolute Gasteiger partial charge is 0.320 e. The van der Waals surface area contributed by atoms with Gasteiger partial charge in [-0.1, -0.05) is 34.1 Å². The first kappa shape index (κ1) is 12.3. The molecule has 0 fully saturated rings. The molecule has 3 rings (SSSR count). The molecule has 3 aromatic rings. The highest BCUT2D eigenvalue weighted by molar-refractivity contribution is 9.10. The van der Waals surface area contributed by atoms with E-state index < -0.39 is 0 Å². The fourth-order valence-corrected chi connectivity index (χ4v) is 2.47. The lowest BCUT2D eigenvalue weighted by Gasteiger charge is -2.12. The van der Waals surface area contributed by atoms with Gasteiger partial charge in [0.25, 0.3) is 0 Å². The van der Waals surface area contributed by atoms with Crippen molar-refractivity contribution in [1.29, 1.82) is 0 Å². The van der Waals surface area contributed by atoms with Crippen LogP contribution in [0.15, 0.2) is 59.6 Å². The van der Waals surface area contributed by atoms with Crippen molar-refractivity contribution in [2.45, 2.75) is 6.04 Å². The zero-order valence-corrected chi connectivity index (χ0v) is 11.7. The Morgan fingerprint density at radius 2 is 1.58 bits per heavy atom. The summed E-state index contributed by atoms with van der Waals surface area (Å²) < 4.78 is 1.08. The molecular weight excluding hydrogens is 302 g/mol. The molecule has 4 heteroatoms. The summed E-state index contributed by atoms with van der Waals surface area (Å²) in [4.78, 5) is 8.02. The molecule has 0 aliphatic heterocycles. The molecule has 1 unspecified atom stereocenters. The van der Waals surface area contributed by atoms with E-state index in [1.807, 2.05) is 12.1 Å². The van der Waals surface area contributed by atoms with Crippen molar-refractivity contribution in [1.82, 2.24) is 9.97 Å². The first-order valence-corrected chi connectivity index (χ1v) is 6.73. The molecule has 0 aliphatic rings. The quantitative estimate of drug-likeness (QED) is 0.788. The maximum Gasteiger partial charge on any atom is 0.115 e. The van der Waals surface area contributed by atoms with E-state index in [1.54, 1.807) is 12.4 Å². The van der Waals surface area contributed by atoms with Crippen LogP contribution in [0.3, 0.4) is 0 Å². The Balaban J connectivity index is 2.04. The summed E-state index contributed by atoms with van der Waals surface area (Å²) in [5, 5.41) is 2.36. The van der Waals surface area contributed by atoms with Crippen molar-refractivity contribution >= 4 is 26.7 Å². The molecule has 1 atom stereocenters. The Morgan fingerprint density at radius 3 is 2.37 bits per heavy atom. The van der Waals surface area contributed by atoms with Gasteiger partial charge in [-0.15, -0.1) is 0 Å². The van der Waals surface area contributed by atoms with Gasteiger partial charge in [0.15, 0.2) is 0 Å². The number of nitrogens with zero attached hydrogens (tertiary/aromatic N) is 2. The SMILES string of the molecule is NC(c1cncnc1)c1ccc2cc(Br)ccc2c1. The smallest absolute Gasteiger partial charge is 0.115 e. The molecule has 2 aromatic carbocycles. The van der Waals surface area contributed by atoms with Gasteiger partial charge in [-0.25, -0.2) is 9.97 Å². The van der Waals surface area contributed by atoms with Crippen LogP contribution in [0.5, 0.6) is 0 Å². The van der Waals surface area contributed by atoms with Crippen LogP contribution in [0, 0.1) is 0 Å². The van der Waals surface area contributed by atoms with Crippen molar-refractivity contribution in [3.05, 3.63) is 70.7 Å². The molecule has 3 nitrogen and oxygen atoms in total. The molecule has 0 saturated heterocycles. The molecule has 0 saturated carbocycles. The summed E-state index contributed by atoms with van der Waals surface area (Å²) in [5.74, 6) is 0. The summed E-state index contributed by atoms with van der Waals surface area (Å²) in [6.45, 7) is 0. The predicted octanol–water partition coefficient (Wildman–Crippen LogP) is 3.44.